The van der Waals surface area contributed by atoms with Crippen LogP contribution in [0.25, 0.3) is 11.1 Å². The number of pyridine rings is 1. The lowest BCUT2D eigenvalue weighted by Crippen LogP contribution is -2.51. The molecule has 290 valence electrons. The van der Waals surface area contributed by atoms with Gasteiger partial charge < -0.3 is 45.3 Å². The lowest BCUT2D eigenvalue weighted by Gasteiger charge is -2.30. The van der Waals surface area contributed by atoms with E-state index < -0.39 is 11.1 Å². The van der Waals surface area contributed by atoms with Gasteiger partial charge in [-0.3, -0.25) is 4.98 Å². The van der Waals surface area contributed by atoms with E-state index in [1.54, 1.807) is 24.4 Å². The first-order chi connectivity index (χ1) is 26.1. The second-order valence-corrected chi connectivity index (χ2v) is 14.0. The van der Waals surface area contributed by atoms with Crippen LogP contribution in [0.3, 0.4) is 0 Å². The standard InChI is InChI=1S/C42H53ClN4O7/c1-5-41(25-48,26-49)46-14-9-15-52-38-13-8-12-36(30(38)4)35-11-7-10-33(29(35)3)24-54-40-18-39(53-23-32-16-31(19-44)20-45-21-32)34(17-37(40)43)22-47-42(6-2,27-50)28-51/h7-8,10-13,16-18,20-21,46-51H,5-6,9,14-15,22-28H2,1-4H3. The molecule has 0 saturated carbocycles. The zero-order valence-electron chi connectivity index (χ0n) is 31.6. The number of nitriles is 1. The maximum absolute atomic E-state index is 9.99. The Morgan fingerprint density at radius 2 is 1.39 bits per heavy atom. The average Bonchev–Trinajstić information content (AvgIpc) is 3.20. The Hall–Kier alpha value is -4.25. The smallest absolute Gasteiger partial charge is 0.142 e. The minimum Gasteiger partial charge on any atom is -0.493 e. The van der Waals surface area contributed by atoms with Crippen molar-refractivity contribution in [2.45, 2.75) is 77.8 Å². The number of aromatic nitrogens is 1. The van der Waals surface area contributed by atoms with Crippen LogP contribution in [0.5, 0.6) is 17.2 Å². The van der Waals surface area contributed by atoms with Gasteiger partial charge in [0, 0.05) is 36.1 Å². The topological polar surface area (TPSA) is 169 Å². The Labute approximate surface area is 323 Å². The fourth-order valence-corrected chi connectivity index (χ4v) is 6.25. The molecule has 0 fully saturated rings. The van der Waals surface area contributed by atoms with Crippen molar-refractivity contribution in [1.29, 1.82) is 5.26 Å². The normalized spacial score (nSPS) is 11.7. The maximum Gasteiger partial charge on any atom is 0.142 e. The van der Waals surface area contributed by atoms with Gasteiger partial charge in [-0.1, -0.05) is 55.8 Å². The van der Waals surface area contributed by atoms with E-state index in [9.17, 15) is 25.7 Å². The minimum absolute atomic E-state index is 0.131. The zero-order chi connectivity index (χ0) is 39.1. The summed E-state index contributed by atoms with van der Waals surface area (Å²) in [6.45, 7) is 8.89. The molecule has 11 nitrogen and oxygen atoms in total. The van der Waals surface area contributed by atoms with E-state index in [-0.39, 0.29) is 46.2 Å². The molecule has 6 N–H and O–H groups in total. The SMILES string of the molecule is CCC(CO)(CO)NCCCOc1cccc(-c2cccc(COc3cc(OCc4cncc(C#N)c4)c(CNC(CC)(CO)CO)cc3Cl)c2C)c1C. The fourth-order valence-electron chi connectivity index (χ4n) is 6.01. The Morgan fingerprint density at radius 3 is 2.06 bits per heavy atom. The van der Waals surface area contributed by atoms with Crippen molar-refractivity contribution in [3.8, 4) is 34.4 Å². The molecule has 12 heteroatoms. The summed E-state index contributed by atoms with van der Waals surface area (Å²) in [5.41, 5.74) is 5.41. The molecule has 0 aliphatic carbocycles. The second kappa shape index (κ2) is 20.4. The summed E-state index contributed by atoms with van der Waals surface area (Å²) in [4.78, 5) is 4.13. The lowest BCUT2D eigenvalue weighted by molar-refractivity contribution is 0.0861. The molecule has 1 heterocycles. The Bertz CT molecular complexity index is 1840. The molecular weight excluding hydrogens is 708 g/mol. The molecule has 0 saturated heterocycles. The largest absolute Gasteiger partial charge is 0.493 e. The van der Waals surface area contributed by atoms with Crippen LogP contribution in [0, 0.1) is 25.2 Å². The van der Waals surface area contributed by atoms with E-state index in [4.69, 9.17) is 25.8 Å². The first-order valence-corrected chi connectivity index (χ1v) is 18.7. The Balaban J connectivity index is 1.51. The number of rotatable bonds is 22. The van der Waals surface area contributed by atoms with Crippen molar-refractivity contribution in [3.05, 3.63) is 105 Å². The van der Waals surface area contributed by atoms with Gasteiger partial charge in [-0.25, -0.2) is 0 Å². The molecule has 1 aromatic heterocycles. The van der Waals surface area contributed by atoms with Crippen LogP contribution in [0.2, 0.25) is 5.02 Å². The molecule has 0 spiro atoms. The van der Waals surface area contributed by atoms with Gasteiger partial charge in [-0.05, 0) is 85.7 Å². The summed E-state index contributed by atoms with van der Waals surface area (Å²) in [5, 5.41) is 55.6. The number of aliphatic hydroxyl groups excluding tert-OH is 4. The fraction of sp³-hybridized carbons (Fsp3) is 0.429. The molecule has 0 atom stereocenters. The molecule has 54 heavy (non-hydrogen) atoms. The van der Waals surface area contributed by atoms with Crippen LogP contribution in [0.4, 0.5) is 0 Å². The van der Waals surface area contributed by atoms with Crippen LogP contribution in [0.15, 0.2) is 67.0 Å². The summed E-state index contributed by atoms with van der Waals surface area (Å²) in [6.07, 6.45) is 4.96. The van der Waals surface area contributed by atoms with Gasteiger partial charge >= 0.3 is 0 Å². The van der Waals surface area contributed by atoms with Crippen LogP contribution in [-0.2, 0) is 19.8 Å². The zero-order valence-corrected chi connectivity index (χ0v) is 32.4. The van der Waals surface area contributed by atoms with Gasteiger partial charge in [0.15, 0.2) is 0 Å². The molecule has 0 bridgehead atoms. The number of nitrogens with one attached hydrogen (secondary N) is 2. The number of benzene rings is 3. The molecular formula is C42H53ClN4O7. The van der Waals surface area contributed by atoms with Crippen molar-refractivity contribution in [1.82, 2.24) is 15.6 Å². The molecule has 4 aromatic rings. The highest BCUT2D eigenvalue weighted by molar-refractivity contribution is 6.32. The van der Waals surface area contributed by atoms with Crippen molar-refractivity contribution in [3.63, 3.8) is 0 Å². The first kappa shape index (κ1) is 42.5. The molecule has 0 amide bonds. The number of halogens is 1. The highest BCUT2D eigenvalue weighted by Crippen LogP contribution is 2.36. The van der Waals surface area contributed by atoms with Gasteiger partial charge in [-0.15, -0.1) is 0 Å². The van der Waals surface area contributed by atoms with Gasteiger partial charge in [0.2, 0.25) is 0 Å². The van der Waals surface area contributed by atoms with Crippen molar-refractivity contribution in [2.24, 2.45) is 0 Å². The van der Waals surface area contributed by atoms with Crippen LogP contribution in [-0.4, -0.2) is 76.1 Å². The van der Waals surface area contributed by atoms with Gasteiger partial charge in [-0.2, -0.15) is 5.26 Å². The number of aliphatic hydroxyl groups is 4. The maximum atomic E-state index is 9.99. The summed E-state index contributed by atoms with van der Waals surface area (Å²) in [5.74, 6) is 1.70. The minimum atomic E-state index is -0.877. The van der Waals surface area contributed by atoms with Gasteiger partial charge in [0.05, 0.1) is 54.7 Å². The quantitative estimate of drug-likeness (QED) is 0.0539. The third-order valence-corrected chi connectivity index (χ3v) is 10.4. The first-order valence-electron chi connectivity index (χ1n) is 18.3. The molecule has 0 unspecified atom stereocenters. The Kier molecular flexibility index (Phi) is 16.1. The number of hydrogen-bond acceptors (Lipinski definition) is 11. The number of ether oxygens (including phenoxy) is 3. The van der Waals surface area contributed by atoms with E-state index in [2.05, 4.69) is 40.7 Å². The van der Waals surface area contributed by atoms with Crippen LogP contribution < -0.4 is 24.8 Å². The highest BCUT2D eigenvalue weighted by atomic mass is 35.5. The van der Waals surface area contributed by atoms with Crippen molar-refractivity contribution in [2.75, 3.05) is 39.6 Å². The van der Waals surface area contributed by atoms with E-state index in [1.807, 2.05) is 45.0 Å². The van der Waals surface area contributed by atoms with Gasteiger partial charge in [0.25, 0.3) is 0 Å². The number of hydrogen-bond donors (Lipinski definition) is 6. The highest BCUT2D eigenvalue weighted by Gasteiger charge is 2.27. The number of nitrogens with zero attached hydrogens (tertiary/aromatic N) is 2. The predicted octanol–water partition coefficient (Wildman–Crippen LogP) is 5.76. The van der Waals surface area contributed by atoms with E-state index in [0.717, 1.165) is 33.6 Å². The van der Waals surface area contributed by atoms with E-state index in [0.29, 0.717) is 65.6 Å². The Morgan fingerprint density at radius 1 is 0.741 bits per heavy atom. The van der Waals surface area contributed by atoms with Crippen molar-refractivity contribution < 1.29 is 34.6 Å². The summed E-state index contributed by atoms with van der Waals surface area (Å²) >= 11 is 6.79. The summed E-state index contributed by atoms with van der Waals surface area (Å²) in [7, 11) is 0. The van der Waals surface area contributed by atoms with Crippen LogP contribution in [0.1, 0.15) is 66.5 Å². The lowest BCUT2D eigenvalue weighted by atomic mass is 9.93. The summed E-state index contributed by atoms with van der Waals surface area (Å²) in [6, 6.07) is 19.4. The van der Waals surface area contributed by atoms with Crippen molar-refractivity contribution >= 4 is 11.6 Å². The molecule has 3 aromatic carbocycles. The second-order valence-electron chi connectivity index (χ2n) is 13.6. The molecule has 0 radical (unpaired) electrons. The molecule has 0 aliphatic heterocycles. The predicted molar refractivity (Wildman–Crippen MR) is 210 cm³/mol. The third-order valence-electron chi connectivity index (χ3n) is 10.1. The average molecular weight is 761 g/mol. The van der Waals surface area contributed by atoms with Gasteiger partial charge in [0.1, 0.15) is 36.5 Å². The monoisotopic (exact) mass is 760 g/mol. The third kappa shape index (κ3) is 10.7. The van der Waals surface area contributed by atoms with E-state index >= 15 is 0 Å². The molecule has 0 aliphatic rings. The molecule has 4 rings (SSSR count). The summed E-state index contributed by atoms with van der Waals surface area (Å²) < 4.78 is 18.8. The van der Waals surface area contributed by atoms with E-state index in [1.165, 1.54) is 6.20 Å². The van der Waals surface area contributed by atoms with Crippen LogP contribution >= 0.6 is 11.6 Å².